The quantitative estimate of drug-likeness (QED) is 0.266. The van der Waals surface area contributed by atoms with Crippen molar-refractivity contribution in [3.63, 3.8) is 0 Å². The number of benzene rings is 3. The van der Waals surface area contributed by atoms with Crippen LogP contribution in [0, 0.1) is 5.82 Å². The standard InChI is InChI=1S/C24H24FN5OS/c25-23-13-5-4-9-20(23)18-31-22-12-6-8-19(16-22)17-26-14-7-15-32-24-27-28-29-30(24)21-10-2-1-3-11-21/h1-6,8-13,16,26H,7,14-15,17-18H2. The summed E-state index contributed by atoms with van der Waals surface area (Å²) in [5.74, 6) is 1.39. The third kappa shape index (κ3) is 6.15. The molecule has 0 spiro atoms. The van der Waals surface area contributed by atoms with Crippen LogP contribution in [0.25, 0.3) is 5.69 Å². The maximum atomic E-state index is 13.7. The van der Waals surface area contributed by atoms with Crippen LogP contribution in [0.4, 0.5) is 4.39 Å². The summed E-state index contributed by atoms with van der Waals surface area (Å²) in [5, 5.41) is 16.2. The van der Waals surface area contributed by atoms with Crippen LogP contribution in [0.1, 0.15) is 17.5 Å². The number of hydrogen-bond donors (Lipinski definition) is 1. The molecule has 0 aliphatic heterocycles. The highest BCUT2D eigenvalue weighted by atomic mass is 32.2. The highest BCUT2D eigenvalue weighted by Gasteiger charge is 2.08. The van der Waals surface area contributed by atoms with Gasteiger partial charge in [0.1, 0.15) is 18.2 Å². The molecule has 164 valence electrons. The number of tetrazole rings is 1. The van der Waals surface area contributed by atoms with Gasteiger partial charge in [-0.1, -0.05) is 60.3 Å². The smallest absolute Gasteiger partial charge is 0.214 e. The molecule has 1 N–H and O–H groups in total. The van der Waals surface area contributed by atoms with Crippen molar-refractivity contribution in [3.8, 4) is 11.4 Å². The number of para-hydroxylation sites is 1. The third-order valence-electron chi connectivity index (χ3n) is 4.75. The molecular formula is C24H24FN5OS. The third-order valence-corrected chi connectivity index (χ3v) is 5.76. The van der Waals surface area contributed by atoms with E-state index >= 15 is 0 Å². The molecule has 0 bridgehead atoms. The van der Waals surface area contributed by atoms with Crippen molar-refractivity contribution in [2.45, 2.75) is 24.7 Å². The zero-order chi connectivity index (χ0) is 22.0. The minimum Gasteiger partial charge on any atom is -0.489 e. The predicted octanol–water partition coefficient (Wildman–Crippen LogP) is 4.65. The number of halogens is 1. The lowest BCUT2D eigenvalue weighted by Crippen LogP contribution is -2.15. The van der Waals surface area contributed by atoms with E-state index in [1.807, 2.05) is 60.7 Å². The molecule has 1 aromatic heterocycles. The number of aromatic nitrogens is 4. The van der Waals surface area contributed by atoms with Crippen molar-refractivity contribution in [1.29, 1.82) is 0 Å². The minimum atomic E-state index is -0.249. The van der Waals surface area contributed by atoms with Gasteiger partial charge >= 0.3 is 0 Å². The van der Waals surface area contributed by atoms with E-state index in [-0.39, 0.29) is 12.4 Å². The molecule has 4 aromatic rings. The van der Waals surface area contributed by atoms with Gasteiger partial charge in [-0.2, -0.15) is 4.68 Å². The van der Waals surface area contributed by atoms with Gasteiger partial charge < -0.3 is 10.1 Å². The number of hydrogen-bond acceptors (Lipinski definition) is 6. The normalized spacial score (nSPS) is 10.9. The Morgan fingerprint density at radius 1 is 0.969 bits per heavy atom. The Morgan fingerprint density at radius 3 is 2.69 bits per heavy atom. The van der Waals surface area contributed by atoms with Gasteiger partial charge in [-0.15, -0.1) is 5.10 Å². The first-order valence-electron chi connectivity index (χ1n) is 10.4. The maximum Gasteiger partial charge on any atom is 0.214 e. The van der Waals surface area contributed by atoms with Crippen molar-refractivity contribution in [1.82, 2.24) is 25.5 Å². The Morgan fingerprint density at radius 2 is 1.81 bits per heavy atom. The fraction of sp³-hybridized carbons (Fsp3) is 0.208. The van der Waals surface area contributed by atoms with Crippen LogP contribution in [-0.4, -0.2) is 32.5 Å². The van der Waals surface area contributed by atoms with Crippen LogP contribution in [0.3, 0.4) is 0 Å². The summed E-state index contributed by atoms with van der Waals surface area (Å²) in [4.78, 5) is 0. The summed E-state index contributed by atoms with van der Waals surface area (Å²) in [5.41, 5.74) is 2.62. The van der Waals surface area contributed by atoms with Crippen molar-refractivity contribution < 1.29 is 9.13 Å². The van der Waals surface area contributed by atoms with Crippen LogP contribution in [0.15, 0.2) is 84.0 Å². The number of rotatable bonds is 11. The lowest BCUT2D eigenvalue weighted by atomic mass is 10.2. The van der Waals surface area contributed by atoms with E-state index in [0.717, 1.165) is 47.4 Å². The van der Waals surface area contributed by atoms with Gasteiger partial charge in [0.25, 0.3) is 0 Å². The Balaban J connectivity index is 1.18. The Labute approximate surface area is 190 Å². The van der Waals surface area contributed by atoms with Gasteiger partial charge in [-0.25, -0.2) is 4.39 Å². The highest BCUT2D eigenvalue weighted by Crippen LogP contribution is 2.19. The van der Waals surface area contributed by atoms with E-state index in [0.29, 0.717) is 5.56 Å². The molecule has 0 amide bonds. The summed E-state index contributed by atoms with van der Waals surface area (Å²) in [6.07, 6.45) is 0.982. The summed E-state index contributed by atoms with van der Waals surface area (Å²) in [6.45, 7) is 1.83. The molecular weight excluding hydrogens is 425 g/mol. The summed E-state index contributed by atoms with van der Waals surface area (Å²) < 4.78 is 21.2. The minimum absolute atomic E-state index is 0.212. The first-order chi connectivity index (χ1) is 15.8. The van der Waals surface area contributed by atoms with Gasteiger partial charge in [0.2, 0.25) is 5.16 Å². The first kappa shape index (κ1) is 22.0. The fourth-order valence-electron chi connectivity index (χ4n) is 3.12. The molecule has 0 unspecified atom stereocenters. The molecule has 3 aromatic carbocycles. The molecule has 0 aliphatic carbocycles. The average molecular weight is 450 g/mol. The van der Waals surface area contributed by atoms with E-state index < -0.39 is 0 Å². The predicted molar refractivity (Wildman–Crippen MR) is 123 cm³/mol. The molecule has 6 nitrogen and oxygen atoms in total. The monoisotopic (exact) mass is 449 g/mol. The SMILES string of the molecule is Fc1ccccc1COc1cccc(CNCCCSc2nnnn2-c2ccccc2)c1. The number of thioether (sulfide) groups is 1. The Kier molecular flexibility index (Phi) is 7.84. The molecule has 4 rings (SSSR count). The summed E-state index contributed by atoms with van der Waals surface area (Å²) in [6, 6.07) is 24.4. The maximum absolute atomic E-state index is 13.7. The van der Waals surface area contributed by atoms with Gasteiger partial charge in [-0.05, 0) is 59.3 Å². The number of nitrogens with one attached hydrogen (secondary N) is 1. The molecule has 8 heteroatoms. The summed E-state index contributed by atoms with van der Waals surface area (Å²) in [7, 11) is 0. The van der Waals surface area contributed by atoms with Crippen LogP contribution < -0.4 is 10.1 Å². The lowest BCUT2D eigenvalue weighted by molar-refractivity contribution is 0.299. The first-order valence-corrected chi connectivity index (χ1v) is 11.4. The number of nitrogens with zero attached hydrogens (tertiary/aromatic N) is 4. The largest absolute Gasteiger partial charge is 0.489 e. The van der Waals surface area contributed by atoms with Crippen LogP contribution in [0.5, 0.6) is 5.75 Å². The van der Waals surface area contributed by atoms with E-state index in [1.165, 1.54) is 6.07 Å². The topological polar surface area (TPSA) is 64.9 Å². The molecule has 0 aliphatic rings. The molecule has 0 fully saturated rings. The van der Waals surface area contributed by atoms with Gasteiger partial charge in [0, 0.05) is 17.9 Å². The van der Waals surface area contributed by atoms with E-state index in [4.69, 9.17) is 4.74 Å². The van der Waals surface area contributed by atoms with Gasteiger partial charge in [0.05, 0.1) is 5.69 Å². The molecule has 0 radical (unpaired) electrons. The molecule has 1 heterocycles. The highest BCUT2D eigenvalue weighted by molar-refractivity contribution is 7.99. The Hall–Kier alpha value is -3.23. The van der Waals surface area contributed by atoms with E-state index in [2.05, 4.69) is 20.8 Å². The van der Waals surface area contributed by atoms with Crippen LogP contribution in [-0.2, 0) is 13.2 Å². The molecule has 0 saturated carbocycles. The zero-order valence-electron chi connectivity index (χ0n) is 17.5. The molecule has 0 atom stereocenters. The molecule has 0 saturated heterocycles. The van der Waals surface area contributed by atoms with Gasteiger partial charge in [-0.3, -0.25) is 0 Å². The van der Waals surface area contributed by atoms with E-state index in [1.54, 1.807) is 28.6 Å². The van der Waals surface area contributed by atoms with E-state index in [9.17, 15) is 4.39 Å². The average Bonchev–Trinajstić information content (AvgIpc) is 3.30. The second-order valence-electron chi connectivity index (χ2n) is 7.12. The van der Waals surface area contributed by atoms with Crippen LogP contribution in [0.2, 0.25) is 0 Å². The zero-order valence-corrected chi connectivity index (χ0v) is 18.3. The van der Waals surface area contributed by atoms with Crippen LogP contribution >= 0.6 is 11.8 Å². The summed E-state index contributed by atoms with van der Waals surface area (Å²) >= 11 is 1.64. The van der Waals surface area contributed by atoms with Gasteiger partial charge in [0.15, 0.2) is 0 Å². The number of ether oxygens (including phenoxy) is 1. The van der Waals surface area contributed by atoms with Crippen molar-refractivity contribution in [2.75, 3.05) is 12.3 Å². The van der Waals surface area contributed by atoms with Crippen molar-refractivity contribution in [2.24, 2.45) is 0 Å². The Bertz CT molecular complexity index is 1120. The molecule has 32 heavy (non-hydrogen) atoms. The second kappa shape index (κ2) is 11.4. The lowest BCUT2D eigenvalue weighted by Gasteiger charge is -2.10. The second-order valence-corrected chi connectivity index (χ2v) is 8.18. The van der Waals surface area contributed by atoms with Crippen molar-refractivity contribution in [3.05, 3.63) is 95.8 Å². The van der Waals surface area contributed by atoms with Crippen molar-refractivity contribution >= 4 is 11.8 Å². The fourth-order valence-corrected chi connectivity index (χ4v) is 3.94.